The summed E-state index contributed by atoms with van der Waals surface area (Å²) in [6.45, 7) is 0. The molecule has 5 heteroatoms. The van der Waals surface area contributed by atoms with Crippen LogP contribution in [0.3, 0.4) is 0 Å². The SMILES string of the molecule is [B]c1c(OC)cc(OC)cc1C(=O)OC. The molecule has 0 aliphatic heterocycles. The highest BCUT2D eigenvalue weighted by atomic mass is 16.5. The first-order valence-electron chi connectivity index (χ1n) is 4.23. The second kappa shape index (κ2) is 4.73. The highest BCUT2D eigenvalue weighted by molar-refractivity contribution is 6.38. The number of methoxy groups -OCH3 is 3. The summed E-state index contributed by atoms with van der Waals surface area (Å²) >= 11 is 0. The van der Waals surface area contributed by atoms with Crippen molar-refractivity contribution < 1.29 is 19.0 Å². The summed E-state index contributed by atoms with van der Waals surface area (Å²) in [7, 11) is 9.95. The van der Waals surface area contributed by atoms with Crippen LogP contribution in [0.25, 0.3) is 0 Å². The van der Waals surface area contributed by atoms with E-state index in [1.807, 2.05) is 0 Å². The first kappa shape index (κ1) is 11.4. The summed E-state index contributed by atoms with van der Waals surface area (Å²) in [6, 6.07) is 3.10. The van der Waals surface area contributed by atoms with E-state index in [2.05, 4.69) is 4.74 Å². The van der Waals surface area contributed by atoms with Gasteiger partial charge in [-0.3, -0.25) is 0 Å². The molecule has 2 radical (unpaired) electrons. The lowest BCUT2D eigenvalue weighted by atomic mass is 9.89. The van der Waals surface area contributed by atoms with Gasteiger partial charge in [-0.15, -0.1) is 0 Å². The topological polar surface area (TPSA) is 44.8 Å². The zero-order valence-corrected chi connectivity index (χ0v) is 8.87. The fourth-order valence-corrected chi connectivity index (χ4v) is 1.17. The number of esters is 1. The molecule has 78 valence electrons. The molecule has 0 saturated carbocycles. The average molecular weight is 206 g/mol. The van der Waals surface area contributed by atoms with Gasteiger partial charge in [0.05, 0.1) is 26.9 Å². The van der Waals surface area contributed by atoms with E-state index in [-0.39, 0.29) is 11.0 Å². The van der Waals surface area contributed by atoms with Crippen LogP contribution in [0.4, 0.5) is 0 Å². The largest absolute Gasteiger partial charge is 0.497 e. The Kier molecular flexibility index (Phi) is 3.60. The standard InChI is InChI=1S/C10H11BO4/c1-13-6-4-7(10(12)15-3)9(11)8(5-6)14-2/h4-5H,1-3H3. The Morgan fingerprint density at radius 3 is 2.33 bits per heavy atom. The van der Waals surface area contributed by atoms with Crippen molar-refractivity contribution in [2.24, 2.45) is 0 Å². The van der Waals surface area contributed by atoms with Gasteiger partial charge in [0.25, 0.3) is 0 Å². The maximum atomic E-state index is 11.4. The van der Waals surface area contributed by atoms with Crippen molar-refractivity contribution in [3.63, 3.8) is 0 Å². The molecule has 0 fully saturated rings. The molecule has 0 aliphatic carbocycles. The number of carbonyl (C=O) groups excluding carboxylic acids is 1. The molecule has 0 heterocycles. The number of carbonyl (C=O) groups is 1. The fourth-order valence-electron chi connectivity index (χ4n) is 1.17. The van der Waals surface area contributed by atoms with E-state index < -0.39 is 5.97 Å². The van der Waals surface area contributed by atoms with E-state index in [1.165, 1.54) is 27.4 Å². The van der Waals surface area contributed by atoms with Crippen LogP contribution in [0.15, 0.2) is 12.1 Å². The van der Waals surface area contributed by atoms with Crippen molar-refractivity contribution in [2.75, 3.05) is 21.3 Å². The molecular formula is C10H11BO4. The van der Waals surface area contributed by atoms with E-state index in [0.29, 0.717) is 11.5 Å². The molecule has 1 aromatic carbocycles. The highest BCUT2D eigenvalue weighted by Crippen LogP contribution is 2.20. The Labute approximate surface area is 89.5 Å². The minimum absolute atomic E-state index is 0.230. The highest BCUT2D eigenvalue weighted by Gasteiger charge is 2.14. The Hall–Kier alpha value is -1.65. The number of hydrogen-bond acceptors (Lipinski definition) is 4. The lowest BCUT2D eigenvalue weighted by Crippen LogP contribution is -2.19. The molecule has 0 aromatic heterocycles. The molecule has 0 atom stereocenters. The van der Waals surface area contributed by atoms with E-state index in [0.717, 1.165) is 0 Å². The molecule has 0 unspecified atom stereocenters. The van der Waals surface area contributed by atoms with E-state index in [9.17, 15) is 4.79 Å². The maximum absolute atomic E-state index is 11.4. The van der Waals surface area contributed by atoms with Crippen LogP contribution < -0.4 is 14.9 Å². The summed E-state index contributed by atoms with van der Waals surface area (Å²) in [5.74, 6) is 0.348. The lowest BCUT2D eigenvalue weighted by molar-refractivity contribution is 0.0601. The second-order valence-corrected chi connectivity index (χ2v) is 2.78. The molecule has 0 saturated heterocycles. The van der Waals surface area contributed by atoms with Gasteiger partial charge in [0, 0.05) is 6.07 Å². The molecule has 0 aliphatic rings. The molecular weight excluding hydrogens is 195 g/mol. The van der Waals surface area contributed by atoms with Gasteiger partial charge in [0.2, 0.25) is 0 Å². The van der Waals surface area contributed by atoms with Gasteiger partial charge in [-0.2, -0.15) is 0 Å². The number of benzene rings is 1. The molecule has 0 bridgehead atoms. The lowest BCUT2D eigenvalue weighted by Gasteiger charge is -2.11. The first-order chi connectivity index (χ1) is 7.13. The third-order valence-corrected chi connectivity index (χ3v) is 1.98. The fraction of sp³-hybridized carbons (Fsp3) is 0.300. The molecule has 1 aromatic rings. The van der Waals surface area contributed by atoms with Gasteiger partial charge in [-0.05, 0) is 11.5 Å². The first-order valence-corrected chi connectivity index (χ1v) is 4.23. The third kappa shape index (κ3) is 2.23. The van der Waals surface area contributed by atoms with Gasteiger partial charge in [0.15, 0.2) is 0 Å². The molecule has 0 N–H and O–H groups in total. The average Bonchev–Trinajstić information content (AvgIpc) is 2.28. The van der Waals surface area contributed by atoms with Crippen molar-refractivity contribution in [1.29, 1.82) is 0 Å². The van der Waals surface area contributed by atoms with Gasteiger partial charge in [-0.25, -0.2) is 4.79 Å². The van der Waals surface area contributed by atoms with E-state index in [1.54, 1.807) is 6.07 Å². The number of hydrogen-bond donors (Lipinski definition) is 0. The maximum Gasteiger partial charge on any atom is 0.337 e. The van der Waals surface area contributed by atoms with Crippen LogP contribution in [0.2, 0.25) is 0 Å². The Bertz CT molecular complexity index is 376. The monoisotopic (exact) mass is 206 g/mol. The molecule has 0 amide bonds. The van der Waals surface area contributed by atoms with Crippen LogP contribution in [0.1, 0.15) is 10.4 Å². The van der Waals surface area contributed by atoms with Crippen LogP contribution in [-0.2, 0) is 4.74 Å². The van der Waals surface area contributed by atoms with Crippen LogP contribution in [0, 0.1) is 0 Å². The quantitative estimate of drug-likeness (QED) is 0.526. The van der Waals surface area contributed by atoms with Crippen molar-refractivity contribution in [2.45, 2.75) is 0 Å². The predicted molar refractivity (Wildman–Crippen MR) is 56.3 cm³/mol. The Morgan fingerprint density at radius 2 is 1.87 bits per heavy atom. The van der Waals surface area contributed by atoms with Gasteiger partial charge in [0.1, 0.15) is 19.3 Å². The smallest absolute Gasteiger partial charge is 0.337 e. The predicted octanol–water partition coefficient (Wildman–Crippen LogP) is 0.284. The second-order valence-electron chi connectivity index (χ2n) is 2.78. The Morgan fingerprint density at radius 1 is 1.20 bits per heavy atom. The molecule has 4 nitrogen and oxygen atoms in total. The minimum Gasteiger partial charge on any atom is -0.497 e. The third-order valence-electron chi connectivity index (χ3n) is 1.98. The summed E-state index contributed by atoms with van der Waals surface area (Å²) in [5.41, 5.74) is 0.471. The summed E-state index contributed by atoms with van der Waals surface area (Å²) in [4.78, 5) is 11.4. The van der Waals surface area contributed by atoms with Gasteiger partial charge in [-0.1, -0.05) is 0 Å². The van der Waals surface area contributed by atoms with Crippen molar-refractivity contribution >= 4 is 19.3 Å². The summed E-state index contributed by atoms with van der Waals surface area (Å²) in [6.07, 6.45) is 0. The van der Waals surface area contributed by atoms with E-state index in [4.69, 9.17) is 17.3 Å². The van der Waals surface area contributed by atoms with Crippen molar-refractivity contribution in [3.8, 4) is 11.5 Å². The van der Waals surface area contributed by atoms with Gasteiger partial charge < -0.3 is 14.2 Å². The molecule has 1 rings (SSSR count). The van der Waals surface area contributed by atoms with E-state index >= 15 is 0 Å². The van der Waals surface area contributed by atoms with Gasteiger partial charge >= 0.3 is 5.97 Å². The summed E-state index contributed by atoms with van der Waals surface area (Å²) in [5, 5.41) is 0. The van der Waals surface area contributed by atoms with Crippen LogP contribution in [0.5, 0.6) is 11.5 Å². The molecule has 15 heavy (non-hydrogen) atoms. The van der Waals surface area contributed by atoms with Crippen molar-refractivity contribution in [3.05, 3.63) is 17.7 Å². The minimum atomic E-state index is -0.523. The van der Waals surface area contributed by atoms with Crippen molar-refractivity contribution in [1.82, 2.24) is 0 Å². The number of ether oxygens (including phenoxy) is 3. The zero-order valence-electron chi connectivity index (χ0n) is 8.87. The molecule has 0 spiro atoms. The van der Waals surface area contributed by atoms with Crippen LogP contribution in [-0.4, -0.2) is 35.1 Å². The zero-order chi connectivity index (χ0) is 11.4. The normalized spacial score (nSPS) is 9.53. The summed E-state index contributed by atoms with van der Waals surface area (Å²) < 4.78 is 14.6. The van der Waals surface area contributed by atoms with Crippen LogP contribution >= 0.6 is 0 Å². The number of rotatable bonds is 3. The Balaban J connectivity index is 3.30.